The summed E-state index contributed by atoms with van der Waals surface area (Å²) < 4.78 is 11.1. The predicted molar refractivity (Wildman–Crippen MR) is 102 cm³/mol. The highest BCUT2D eigenvalue weighted by Gasteiger charge is 2.25. The molecule has 2 aromatic carbocycles. The SMILES string of the molecule is O=C(C[NH+]1CC[NH+](Cc2ccccc2)CC1)Nc1ccc2c(c1)OCCO2. The van der Waals surface area contributed by atoms with Gasteiger partial charge in [-0.15, -0.1) is 0 Å². The highest BCUT2D eigenvalue weighted by atomic mass is 16.6. The van der Waals surface area contributed by atoms with Gasteiger partial charge in [0.05, 0.1) is 0 Å². The van der Waals surface area contributed by atoms with Gasteiger partial charge in [-0.25, -0.2) is 0 Å². The molecule has 6 heteroatoms. The number of carbonyl (C=O) groups is 1. The highest BCUT2D eigenvalue weighted by molar-refractivity contribution is 5.91. The highest BCUT2D eigenvalue weighted by Crippen LogP contribution is 2.32. The molecule has 2 heterocycles. The second-order valence-corrected chi connectivity index (χ2v) is 7.25. The number of carbonyl (C=O) groups excluding carboxylic acids is 1. The summed E-state index contributed by atoms with van der Waals surface area (Å²) in [5.41, 5.74) is 2.14. The molecule has 3 N–H and O–H groups in total. The molecule has 0 aliphatic carbocycles. The molecule has 1 saturated heterocycles. The fourth-order valence-electron chi connectivity index (χ4n) is 3.75. The van der Waals surface area contributed by atoms with Gasteiger partial charge in [0.1, 0.15) is 45.9 Å². The number of hydrogen-bond donors (Lipinski definition) is 3. The van der Waals surface area contributed by atoms with E-state index in [4.69, 9.17) is 9.47 Å². The molecular formula is C21H27N3O3+2. The number of piperazine rings is 1. The van der Waals surface area contributed by atoms with Crippen molar-refractivity contribution in [1.29, 1.82) is 0 Å². The maximum atomic E-state index is 12.4. The minimum atomic E-state index is 0.0492. The second-order valence-electron chi connectivity index (χ2n) is 7.25. The van der Waals surface area contributed by atoms with Crippen molar-refractivity contribution in [3.63, 3.8) is 0 Å². The van der Waals surface area contributed by atoms with E-state index < -0.39 is 0 Å². The van der Waals surface area contributed by atoms with Crippen molar-refractivity contribution in [1.82, 2.24) is 0 Å². The van der Waals surface area contributed by atoms with Crippen molar-refractivity contribution in [2.75, 3.05) is 51.3 Å². The van der Waals surface area contributed by atoms with Gasteiger partial charge in [-0.2, -0.15) is 0 Å². The Labute approximate surface area is 159 Å². The molecule has 0 aromatic heterocycles. The molecule has 2 aliphatic rings. The molecule has 2 aliphatic heterocycles. The van der Waals surface area contributed by atoms with Crippen molar-refractivity contribution >= 4 is 11.6 Å². The van der Waals surface area contributed by atoms with Crippen LogP contribution >= 0.6 is 0 Å². The number of hydrogen-bond acceptors (Lipinski definition) is 3. The first-order valence-electron chi connectivity index (χ1n) is 9.67. The molecule has 6 nitrogen and oxygen atoms in total. The van der Waals surface area contributed by atoms with Crippen LogP contribution in [0.5, 0.6) is 11.5 Å². The number of quaternary nitrogens is 2. The van der Waals surface area contributed by atoms with Crippen molar-refractivity contribution in [3.05, 3.63) is 54.1 Å². The molecule has 0 spiro atoms. The van der Waals surface area contributed by atoms with Gasteiger partial charge in [0.25, 0.3) is 5.91 Å². The number of anilines is 1. The standard InChI is InChI=1S/C21H25N3O3/c25-21(22-18-6-7-19-20(14-18)27-13-12-26-19)16-24-10-8-23(9-11-24)15-17-4-2-1-3-5-17/h1-7,14H,8-13,15-16H2,(H,22,25)/p+2. The number of benzene rings is 2. The monoisotopic (exact) mass is 369 g/mol. The van der Waals surface area contributed by atoms with Crippen LogP contribution in [0.15, 0.2) is 48.5 Å². The Morgan fingerprint density at radius 3 is 2.37 bits per heavy atom. The Hall–Kier alpha value is -2.57. The summed E-state index contributed by atoms with van der Waals surface area (Å²) in [6.07, 6.45) is 0. The smallest absolute Gasteiger partial charge is 0.279 e. The van der Waals surface area contributed by atoms with Crippen LogP contribution in [-0.4, -0.2) is 51.8 Å². The fourth-order valence-corrected chi connectivity index (χ4v) is 3.75. The van der Waals surface area contributed by atoms with Gasteiger partial charge < -0.3 is 24.6 Å². The van der Waals surface area contributed by atoms with E-state index in [1.807, 2.05) is 18.2 Å². The summed E-state index contributed by atoms with van der Waals surface area (Å²) in [6.45, 7) is 6.94. The largest absolute Gasteiger partial charge is 0.486 e. The fraction of sp³-hybridized carbons (Fsp3) is 0.381. The molecule has 1 amide bonds. The van der Waals surface area contributed by atoms with Crippen LogP contribution in [0.3, 0.4) is 0 Å². The average Bonchev–Trinajstić information content (AvgIpc) is 2.70. The number of rotatable bonds is 5. The topological polar surface area (TPSA) is 56.4 Å². The summed E-state index contributed by atoms with van der Waals surface area (Å²) in [4.78, 5) is 15.4. The summed E-state index contributed by atoms with van der Waals surface area (Å²) in [5.74, 6) is 1.49. The third kappa shape index (κ3) is 4.78. The molecule has 0 atom stereocenters. The molecule has 27 heavy (non-hydrogen) atoms. The number of amides is 1. The van der Waals surface area contributed by atoms with E-state index >= 15 is 0 Å². The second kappa shape index (κ2) is 8.41. The van der Waals surface area contributed by atoms with E-state index in [1.165, 1.54) is 10.5 Å². The van der Waals surface area contributed by atoms with E-state index in [1.54, 1.807) is 4.90 Å². The maximum absolute atomic E-state index is 12.4. The minimum absolute atomic E-state index is 0.0492. The van der Waals surface area contributed by atoms with Crippen LogP contribution in [0.2, 0.25) is 0 Å². The van der Waals surface area contributed by atoms with Crippen LogP contribution in [0.1, 0.15) is 5.56 Å². The van der Waals surface area contributed by atoms with Gasteiger partial charge >= 0.3 is 0 Å². The summed E-state index contributed by atoms with van der Waals surface area (Å²) in [7, 11) is 0. The molecule has 4 rings (SSSR count). The van der Waals surface area contributed by atoms with Crippen LogP contribution in [0.25, 0.3) is 0 Å². The Morgan fingerprint density at radius 2 is 1.59 bits per heavy atom. The van der Waals surface area contributed by atoms with Crippen molar-refractivity contribution in [2.24, 2.45) is 0 Å². The van der Waals surface area contributed by atoms with E-state index in [0.717, 1.165) is 44.2 Å². The molecule has 2 aromatic rings. The Bertz CT molecular complexity index is 773. The summed E-state index contributed by atoms with van der Waals surface area (Å²) in [5, 5.41) is 2.99. The van der Waals surface area contributed by atoms with Gasteiger partial charge in [0.15, 0.2) is 18.0 Å². The van der Waals surface area contributed by atoms with E-state index in [-0.39, 0.29) is 5.91 Å². The molecule has 0 unspecified atom stereocenters. The van der Waals surface area contributed by atoms with Crippen molar-refractivity contribution < 1.29 is 24.1 Å². The molecule has 142 valence electrons. The Balaban J connectivity index is 1.24. The number of nitrogens with one attached hydrogen (secondary N) is 3. The third-order valence-electron chi connectivity index (χ3n) is 5.20. The first-order chi connectivity index (χ1) is 13.3. The average molecular weight is 369 g/mol. The lowest BCUT2D eigenvalue weighted by atomic mass is 10.2. The van der Waals surface area contributed by atoms with E-state index in [9.17, 15) is 4.79 Å². The molecule has 0 saturated carbocycles. The summed E-state index contributed by atoms with van der Waals surface area (Å²) in [6, 6.07) is 16.2. The van der Waals surface area contributed by atoms with Crippen molar-refractivity contribution in [2.45, 2.75) is 6.54 Å². The molecule has 0 bridgehead atoms. The van der Waals surface area contributed by atoms with Gasteiger partial charge in [-0.1, -0.05) is 30.3 Å². The Morgan fingerprint density at radius 1 is 0.889 bits per heavy atom. The lowest BCUT2D eigenvalue weighted by Crippen LogP contribution is -3.28. The van der Waals surface area contributed by atoms with Gasteiger partial charge in [0.2, 0.25) is 0 Å². The van der Waals surface area contributed by atoms with Crippen LogP contribution in [0.4, 0.5) is 5.69 Å². The zero-order valence-corrected chi connectivity index (χ0v) is 15.5. The van der Waals surface area contributed by atoms with E-state index in [2.05, 4.69) is 35.6 Å². The predicted octanol–water partition coefficient (Wildman–Crippen LogP) is -0.620. The summed E-state index contributed by atoms with van der Waals surface area (Å²) >= 11 is 0. The zero-order chi connectivity index (χ0) is 18.5. The molecular weight excluding hydrogens is 342 g/mol. The van der Waals surface area contributed by atoms with Gasteiger partial charge in [-0.05, 0) is 12.1 Å². The lowest BCUT2D eigenvalue weighted by molar-refractivity contribution is -1.02. The maximum Gasteiger partial charge on any atom is 0.279 e. The van der Waals surface area contributed by atoms with Crippen LogP contribution in [0, 0.1) is 0 Å². The number of fused-ring (bicyclic) bond motifs is 1. The lowest BCUT2D eigenvalue weighted by Gasteiger charge is -2.29. The van der Waals surface area contributed by atoms with Crippen LogP contribution in [-0.2, 0) is 11.3 Å². The third-order valence-corrected chi connectivity index (χ3v) is 5.20. The zero-order valence-electron chi connectivity index (χ0n) is 15.5. The Kier molecular flexibility index (Phi) is 5.55. The number of ether oxygens (including phenoxy) is 2. The molecule has 0 radical (unpaired) electrons. The normalized spacial score (nSPS) is 21.5. The van der Waals surface area contributed by atoms with Gasteiger partial charge in [-0.3, -0.25) is 4.79 Å². The van der Waals surface area contributed by atoms with Crippen molar-refractivity contribution in [3.8, 4) is 11.5 Å². The first kappa shape index (κ1) is 17.8. The molecule has 1 fully saturated rings. The minimum Gasteiger partial charge on any atom is -0.486 e. The first-order valence-corrected chi connectivity index (χ1v) is 9.67. The van der Waals surface area contributed by atoms with Crippen LogP contribution < -0.4 is 24.6 Å². The van der Waals surface area contributed by atoms with E-state index in [0.29, 0.717) is 25.5 Å². The van der Waals surface area contributed by atoms with Gasteiger partial charge in [0, 0.05) is 17.3 Å². The quantitative estimate of drug-likeness (QED) is 0.659.